The van der Waals surface area contributed by atoms with Gasteiger partial charge in [0.25, 0.3) is 0 Å². The molecule has 13 nitrogen and oxygen atoms in total. The molecule has 0 aromatic carbocycles. The van der Waals surface area contributed by atoms with E-state index in [2.05, 4.69) is 23.3 Å². The van der Waals surface area contributed by atoms with Crippen LogP contribution in [0.4, 0.5) is 0 Å². The summed E-state index contributed by atoms with van der Waals surface area (Å²) in [6.45, 7) is 3.30. The Kier molecular flexibility index (Phi) is 36.5. The summed E-state index contributed by atoms with van der Waals surface area (Å²) in [5.41, 5.74) is 0. The lowest BCUT2D eigenvalue weighted by molar-refractivity contribution is -0.298. The number of hydrogen-bond acceptors (Lipinski definition) is 11. The first-order chi connectivity index (χ1) is 29.4. The summed E-state index contributed by atoms with van der Waals surface area (Å²) in [4.78, 5) is 13.1. The highest BCUT2D eigenvalue weighted by molar-refractivity contribution is 7.80. The maximum atomic E-state index is 13.1. The standard InChI is InChI=1S/C47H93NO12S/c1-3-5-7-9-11-13-15-17-19-20-21-22-24-26-28-30-32-34-36-41(51)46(54)48-39(38-58-47-44(53)45(60-61(55,56)57)43(52)42(37-49)59-47)40(50)35-33-31-29-27-25-23-18-16-14-12-10-8-6-4-2/h39-45,47,49-53H,3-38H2,1-2H3,(H,48,54)(H,55,56,57). The fraction of sp³-hybridized carbons (Fsp3) is 0.979. The third-order valence-electron chi connectivity index (χ3n) is 12.3. The number of nitrogens with one attached hydrogen (secondary N) is 1. The van der Waals surface area contributed by atoms with Crippen molar-refractivity contribution in [1.82, 2.24) is 5.32 Å². The van der Waals surface area contributed by atoms with E-state index in [9.17, 15) is 43.3 Å². The average Bonchev–Trinajstić information content (AvgIpc) is 3.23. The molecule has 0 radical (unpaired) electrons. The van der Waals surface area contributed by atoms with E-state index in [4.69, 9.17) is 9.47 Å². The number of carbonyl (C=O) groups is 1. The molecule has 61 heavy (non-hydrogen) atoms. The minimum Gasteiger partial charge on any atom is -0.394 e. The Morgan fingerprint density at radius 1 is 0.590 bits per heavy atom. The van der Waals surface area contributed by atoms with E-state index in [1.165, 1.54) is 154 Å². The van der Waals surface area contributed by atoms with Gasteiger partial charge in [0, 0.05) is 0 Å². The zero-order chi connectivity index (χ0) is 45.0. The van der Waals surface area contributed by atoms with Crippen LogP contribution in [0.3, 0.4) is 0 Å². The molecule has 1 fully saturated rings. The van der Waals surface area contributed by atoms with E-state index in [1.807, 2.05) is 0 Å². The number of rotatable bonds is 43. The largest absolute Gasteiger partial charge is 0.397 e. The minimum atomic E-state index is -5.11. The van der Waals surface area contributed by atoms with Gasteiger partial charge in [-0.1, -0.05) is 219 Å². The molecule has 1 heterocycles. The van der Waals surface area contributed by atoms with Gasteiger partial charge in [0.2, 0.25) is 5.91 Å². The Bertz CT molecular complexity index is 1120. The molecule has 0 aromatic rings. The van der Waals surface area contributed by atoms with Gasteiger partial charge in [-0.3, -0.25) is 9.35 Å². The molecule has 7 N–H and O–H groups in total. The van der Waals surface area contributed by atoms with Crippen molar-refractivity contribution in [2.75, 3.05) is 13.2 Å². The molecule has 1 rings (SSSR count). The third-order valence-corrected chi connectivity index (χ3v) is 12.7. The predicted molar refractivity (Wildman–Crippen MR) is 242 cm³/mol. The van der Waals surface area contributed by atoms with Crippen molar-refractivity contribution in [1.29, 1.82) is 0 Å². The summed E-state index contributed by atoms with van der Waals surface area (Å²) < 4.78 is 47.6. The van der Waals surface area contributed by atoms with E-state index in [1.54, 1.807) is 0 Å². The van der Waals surface area contributed by atoms with Crippen LogP contribution in [-0.2, 0) is 28.9 Å². The number of amides is 1. The molecular weight excluding hydrogens is 803 g/mol. The summed E-state index contributed by atoms with van der Waals surface area (Å²) in [6.07, 6.45) is 28.5. The van der Waals surface area contributed by atoms with Crippen molar-refractivity contribution < 1.29 is 57.0 Å². The Morgan fingerprint density at radius 2 is 0.951 bits per heavy atom. The van der Waals surface area contributed by atoms with E-state index < -0.39 is 78.5 Å². The molecule has 0 saturated carbocycles. The number of hydrogen-bond donors (Lipinski definition) is 7. The van der Waals surface area contributed by atoms with Gasteiger partial charge in [0.05, 0.1) is 25.4 Å². The number of aliphatic hydroxyl groups is 5. The Labute approximate surface area is 371 Å². The van der Waals surface area contributed by atoms with Crippen molar-refractivity contribution >= 4 is 16.3 Å². The number of aliphatic hydroxyl groups excluding tert-OH is 5. The lowest BCUT2D eigenvalue weighted by Crippen LogP contribution is -2.61. The quantitative estimate of drug-likeness (QED) is 0.0226. The zero-order valence-electron chi connectivity index (χ0n) is 38.6. The highest BCUT2D eigenvalue weighted by Gasteiger charge is 2.48. The number of ether oxygens (including phenoxy) is 2. The molecule has 1 aliphatic heterocycles. The van der Waals surface area contributed by atoms with Gasteiger partial charge < -0.3 is 40.3 Å². The lowest BCUT2D eigenvalue weighted by Gasteiger charge is -2.41. The van der Waals surface area contributed by atoms with Crippen LogP contribution >= 0.6 is 0 Å². The first-order valence-corrected chi connectivity index (χ1v) is 26.4. The van der Waals surface area contributed by atoms with E-state index in [0.717, 1.165) is 38.5 Å². The third kappa shape index (κ3) is 30.8. The molecule has 0 spiro atoms. The van der Waals surface area contributed by atoms with Gasteiger partial charge in [0.15, 0.2) is 6.29 Å². The Morgan fingerprint density at radius 3 is 1.31 bits per heavy atom. The molecule has 8 unspecified atom stereocenters. The molecular formula is C47H93NO12S. The number of carbonyl (C=O) groups excluding carboxylic acids is 1. The van der Waals surface area contributed by atoms with Crippen LogP contribution in [0.1, 0.15) is 232 Å². The smallest absolute Gasteiger partial charge is 0.394 e. The highest BCUT2D eigenvalue weighted by Crippen LogP contribution is 2.26. The Balaban J connectivity index is 2.49. The molecule has 14 heteroatoms. The van der Waals surface area contributed by atoms with Crippen LogP contribution in [0.25, 0.3) is 0 Å². The molecule has 1 aliphatic rings. The average molecular weight is 896 g/mol. The molecule has 1 saturated heterocycles. The monoisotopic (exact) mass is 896 g/mol. The first kappa shape index (κ1) is 58.1. The van der Waals surface area contributed by atoms with Crippen LogP contribution < -0.4 is 5.32 Å². The minimum absolute atomic E-state index is 0.266. The lowest BCUT2D eigenvalue weighted by atomic mass is 9.99. The fourth-order valence-corrected chi connectivity index (χ4v) is 8.80. The zero-order valence-corrected chi connectivity index (χ0v) is 39.4. The first-order valence-electron chi connectivity index (χ1n) is 25.0. The van der Waals surface area contributed by atoms with Gasteiger partial charge in [-0.2, -0.15) is 8.42 Å². The molecule has 0 aliphatic carbocycles. The second-order valence-corrected chi connectivity index (χ2v) is 19.0. The van der Waals surface area contributed by atoms with Crippen molar-refractivity contribution in [2.45, 2.75) is 281 Å². The molecule has 0 bridgehead atoms. The Hall–Kier alpha value is -0.940. The van der Waals surface area contributed by atoms with Gasteiger partial charge >= 0.3 is 10.4 Å². The SMILES string of the molecule is CCCCCCCCCCCCCCCCCCCCC(O)C(=O)NC(COC1OC(CO)C(O)C(OS(=O)(=O)O)C1O)C(O)CCCCCCCCCCCCCCCC. The normalized spacial score (nSPS) is 21.1. The molecule has 364 valence electrons. The second kappa shape index (κ2) is 38.3. The fourth-order valence-electron chi connectivity index (χ4n) is 8.29. The topological polar surface area (TPSA) is 212 Å². The molecule has 1 amide bonds. The van der Waals surface area contributed by atoms with Crippen molar-refractivity contribution in [3.05, 3.63) is 0 Å². The van der Waals surface area contributed by atoms with E-state index in [-0.39, 0.29) is 6.42 Å². The summed E-state index contributed by atoms with van der Waals surface area (Å²) in [5, 5.41) is 55.5. The van der Waals surface area contributed by atoms with Gasteiger partial charge in [-0.15, -0.1) is 0 Å². The van der Waals surface area contributed by atoms with E-state index in [0.29, 0.717) is 19.3 Å². The molecule has 8 atom stereocenters. The number of unbranched alkanes of at least 4 members (excludes halogenated alkanes) is 30. The summed E-state index contributed by atoms with van der Waals surface area (Å²) in [7, 11) is -5.11. The summed E-state index contributed by atoms with van der Waals surface area (Å²) >= 11 is 0. The van der Waals surface area contributed by atoms with Crippen LogP contribution in [0, 0.1) is 0 Å². The summed E-state index contributed by atoms with van der Waals surface area (Å²) in [6, 6.07) is -1.03. The van der Waals surface area contributed by atoms with Gasteiger partial charge in [-0.05, 0) is 12.8 Å². The summed E-state index contributed by atoms with van der Waals surface area (Å²) in [5.74, 6) is -0.665. The highest BCUT2D eigenvalue weighted by atomic mass is 32.3. The predicted octanol–water partition coefficient (Wildman–Crippen LogP) is 9.14. The van der Waals surface area contributed by atoms with E-state index >= 15 is 0 Å². The van der Waals surface area contributed by atoms with Crippen LogP contribution in [0.2, 0.25) is 0 Å². The van der Waals surface area contributed by atoms with Gasteiger partial charge in [-0.25, -0.2) is 4.18 Å². The van der Waals surface area contributed by atoms with Crippen molar-refractivity contribution in [3.8, 4) is 0 Å². The van der Waals surface area contributed by atoms with Gasteiger partial charge in [0.1, 0.15) is 30.5 Å². The van der Waals surface area contributed by atoms with Crippen molar-refractivity contribution in [2.24, 2.45) is 0 Å². The maximum Gasteiger partial charge on any atom is 0.397 e. The second-order valence-electron chi connectivity index (χ2n) is 17.9. The molecule has 0 aromatic heterocycles. The van der Waals surface area contributed by atoms with Crippen molar-refractivity contribution in [3.63, 3.8) is 0 Å². The van der Waals surface area contributed by atoms with Crippen LogP contribution in [0.15, 0.2) is 0 Å². The van der Waals surface area contributed by atoms with Crippen LogP contribution in [0.5, 0.6) is 0 Å². The maximum absolute atomic E-state index is 13.1. The van der Waals surface area contributed by atoms with Crippen LogP contribution in [-0.4, -0.2) is 107 Å².